The van der Waals surface area contributed by atoms with Gasteiger partial charge in [0.1, 0.15) is 11.5 Å². The summed E-state index contributed by atoms with van der Waals surface area (Å²) in [6.45, 7) is 5.21. The summed E-state index contributed by atoms with van der Waals surface area (Å²) in [5.74, 6) is 0.953. The summed E-state index contributed by atoms with van der Waals surface area (Å²) >= 11 is 0. The molecule has 0 bridgehead atoms. The van der Waals surface area contributed by atoms with Gasteiger partial charge < -0.3 is 9.42 Å². The Hall–Kier alpha value is -2.10. The number of aryl methyl sites for hydroxylation is 1. The van der Waals surface area contributed by atoms with Crippen molar-refractivity contribution in [3.8, 4) is 0 Å². The van der Waals surface area contributed by atoms with E-state index in [2.05, 4.69) is 10.1 Å². The molecule has 4 heteroatoms. The van der Waals surface area contributed by atoms with E-state index in [1.165, 1.54) is 11.3 Å². The highest BCUT2D eigenvalue weighted by molar-refractivity contribution is 5.94. The molecule has 0 fully saturated rings. The maximum atomic E-state index is 11.4. The Morgan fingerprint density at radius 1 is 1.42 bits per heavy atom. The molecule has 98 valence electrons. The Bertz CT molecular complexity index is 631. The summed E-state index contributed by atoms with van der Waals surface area (Å²) in [7, 11) is 0. The standard InChI is InChI=1S/C15H16N2O2/c1-10-7-14(16-19-10)9-17-6-5-13-8-12(11(2)18)3-4-15(13)17/h3-4,7-8H,5-6,9H2,1-2H3. The van der Waals surface area contributed by atoms with Crippen LogP contribution in [0.4, 0.5) is 5.69 Å². The summed E-state index contributed by atoms with van der Waals surface area (Å²) in [6, 6.07) is 7.90. The highest BCUT2D eigenvalue weighted by atomic mass is 16.5. The number of benzene rings is 1. The molecule has 2 aromatic rings. The number of aromatic nitrogens is 1. The van der Waals surface area contributed by atoms with E-state index in [9.17, 15) is 4.79 Å². The second kappa shape index (κ2) is 4.53. The normalized spacial score (nSPS) is 13.7. The topological polar surface area (TPSA) is 46.3 Å². The second-order valence-electron chi connectivity index (χ2n) is 5.00. The van der Waals surface area contributed by atoms with Crippen LogP contribution in [0.2, 0.25) is 0 Å². The largest absolute Gasteiger partial charge is 0.365 e. The van der Waals surface area contributed by atoms with Gasteiger partial charge in [0.25, 0.3) is 0 Å². The van der Waals surface area contributed by atoms with Gasteiger partial charge in [-0.15, -0.1) is 0 Å². The number of fused-ring (bicyclic) bond motifs is 1. The Morgan fingerprint density at radius 3 is 2.95 bits per heavy atom. The molecular weight excluding hydrogens is 240 g/mol. The third-order valence-electron chi connectivity index (χ3n) is 3.51. The molecule has 0 saturated carbocycles. The predicted molar refractivity (Wildman–Crippen MR) is 72.4 cm³/mol. The van der Waals surface area contributed by atoms with Crippen molar-refractivity contribution in [2.45, 2.75) is 26.8 Å². The number of anilines is 1. The third kappa shape index (κ3) is 2.26. The molecule has 0 spiro atoms. The molecule has 0 amide bonds. The molecule has 0 N–H and O–H groups in total. The number of hydrogen-bond donors (Lipinski definition) is 0. The molecule has 1 aliphatic heterocycles. The lowest BCUT2D eigenvalue weighted by Crippen LogP contribution is -2.19. The molecule has 4 nitrogen and oxygen atoms in total. The van der Waals surface area contributed by atoms with Crippen LogP contribution in [0.1, 0.15) is 34.3 Å². The van der Waals surface area contributed by atoms with Crippen LogP contribution < -0.4 is 4.90 Å². The molecule has 3 rings (SSSR count). The average molecular weight is 256 g/mol. The first-order valence-corrected chi connectivity index (χ1v) is 6.44. The molecule has 19 heavy (non-hydrogen) atoms. The lowest BCUT2D eigenvalue weighted by atomic mass is 10.1. The number of carbonyl (C=O) groups excluding carboxylic acids is 1. The van der Waals surface area contributed by atoms with Gasteiger partial charge in [-0.25, -0.2) is 0 Å². The summed E-state index contributed by atoms with van der Waals surface area (Å²) in [5.41, 5.74) is 4.18. The van der Waals surface area contributed by atoms with Crippen LogP contribution in [0, 0.1) is 6.92 Å². The average Bonchev–Trinajstić information content (AvgIpc) is 2.96. The van der Waals surface area contributed by atoms with E-state index in [4.69, 9.17) is 4.52 Å². The van der Waals surface area contributed by atoms with Gasteiger partial charge >= 0.3 is 0 Å². The number of hydrogen-bond acceptors (Lipinski definition) is 4. The van der Waals surface area contributed by atoms with Gasteiger partial charge in [0.05, 0.1) is 6.54 Å². The Kier molecular flexibility index (Phi) is 2.85. The maximum Gasteiger partial charge on any atom is 0.159 e. The fraction of sp³-hybridized carbons (Fsp3) is 0.333. The zero-order chi connectivity index (χ0) is 13.4. The van der Waals surface area contributed by atoms with Gasteiger partial charge in [-0.05, 0) is 44.0 Å². The molecule has 2 heterocycles. The molecule has 0 radical (unpaired) electrons. The van der Waals surface area contributed by atoms with E-state index in [1.807, 2.05) is 31.2 Å². The monoisotopic (exact) mass is 256 g/mol. The van der Waals surface area contributed by atoms with Crippen molar-refractivity contribution < 1.29 is 9.32 Å². The van der Waals surface area contributed by atoms with E-state index >= 15 is 0 Å². The quantitative estimate of drug-likeness (QED) is 0.792. The second-order valence-corrected chi connectivity index (χ2v) is 5.00. The van der Waals surface area contributed by atoms with Gasteiger partial charge in [-0.2, -0.15) is 0 Å². The summed E-state index contributed by atoms with van der Waals surface area (Å²) < 4.78 is 5.09. The smallest absolute Gasteiger partial charge is 0.159 e. The fourth-order valence-electron chi connectivity index (χ4n) is 2.54. The minimum atomic E-state index is 0.119. The van der Waals surface area contributed by atoms with Crippen molar-refractivity contribution >= 4 is 11.5 Å². The molecule has 0 saturated heterocycles. The fourth-order valence-corrected chi connectivity index (χ4v) is 2.54. The van der Waals surface area contributed by atoms with Crippen molar-refractivity contribution in [3.63, 3.8) is 0 Å². The van der Waals surface area contributed by atoms with E-state index in [0.29, 0.717) is 0 Å². The number of carbonyl (C=O) groups is 1. The van der Waals surface area contributed by atoms with E-state index in [0.717, 1.165) is 36.5 Å². The molecule has 1 aliphatic rings. The van der Waals surface area contributed by atoms with E-state index in [1.54, 1.807) is 6.92 Å². The molecular formula is C15H16N2O2. The van der Waals surface area contributed by atoms with Gasteiger partial charge in [-0.1, -0.05) is 5.16 Å². The van der Waals surface area contributed by atoms with Crippen LogP contribution in [0.15, 0.2) is 28.8 Å². The van der Waals surface area contributed by atoms with Crippen molar-refractivity contribution in [2.75, 3.05) is 11.4 Å². The number of Topliss-reactive ketones (excluding diaryl/α,β-unsaturated/α-hetero) is 1. The Morgan fingerprint density at radius 2 is 2.26 bits per heavy atom. The zero-order valence-electron chi connectivity index (χ0n) is 11.1. The first-order chi connectivity index (χ1) is 9.13. The van der Waals surface area contributed by atoms with Gasteiger partial charge in [0.2, 0.25) is 0 Å². The summed E-state index contributed by atoms with van der Waals surface area (Å²) in [5, 5.41) is 4.03. The molecule has 0 aliphatic carbocycles. The summed E-state index contributed by atoms with van der Waals surface area (Å²) in [6.07, 6.45) is 0.979. The summed E-state index contributed by atoms with van der Waals surface area (Å²) in [4.78, 5) is 13.7. The first-order valence-electron chi connectivity index (χ1n) is 6.44. The SMILES string of the molecule is CC(=O)c1ccc2c(c1)CCN2Cc1cc(C)on1. The minimum absolute atomic E-state index is 0.119. The third-order valence-corrected chi connectivity index (χ3v) is 3.51. The van der Waals surface area contributed by atoms with E-state index in [-0.39, 0.29) is 5.78 Å². The van der Waals surface area contributed by atoms with Crippen LogP contribution in [0.25, 0.3) is 0 Å². The first kappa shape index (κ1) is 12.0. The highest BCUT2D eigenvalue weighted by Gasteiger charge is 2.20. The minimum Gasteiger partial charge on any atom is -0.365 e. The van der Waals surface area contributed by atoms with Crippen LogP contribution >= 0.6 is 0 Å². The Balaban J connectivity index is 1.84. The number of nitrogens with zero attached hydrogens (tertiary/aromatic N) is 2. The van der Waals surface area contributed by atoms with Crippen LogP contribution in [-0.2, 0) is 13.0 Å². The van der Waals surface area contributed by atoms with Crippen molar-refractivity contribution in [2.24, 2.45) is 0 Å². The molecule has 0 atom stereocenters. The number of ketones is 1. The van der Waals surface area contributed by atoms with Crippen LogP contribution in [0.3, 0.4) is 0 Å². The predicted octanol–water partition coefficient (Wildman–Crippen LogP) is 2.75. The van der Waals surface area contributed by atoms with Gasteiger partial charge in [-0.3, -0.25) is 4.79 Å². The number of rotatable bonds is 3. The maximum absolute atomic E-state index is 11.4. The lowest BCUT2D eigenvalue weighted by Gasteiger charge is -2.17. The van der Waals surface area contributed by atoms with Crippen molar-refractivity contribution in [1.82, 2.24) is 5.16 Å². The zero-order valence-corrected chi connectivity index (χ0v) is 11.1. The van der Waals surface area contributed by atoms with Crippen molar-refractivity contribution in [1.29, 1.82) is 0 Å². The van der Waals surface area contributed by atoms with Crippen LogP contribution in [0.5, 0.6) is 0 Å². The highest BCUT2D eigenvalue weighted by Crippen LogP contribution is 2.30. The van der Waals surface area contributed by atoms with E-state index < -0.39 is 0 Å². The van der Waals surface area contributed by atoms with Gasteiger partial charge in [0, 0.05) is 23.9 Å². The van der Waals surface area contributed by atoms with Gasteiger partial charge in [0.15, 0.2) is 5.78 Å². The van der Waals surface area contributed by atoms with Crippen LogP contribution in [-0.4, -0.2) is 17.5 Å². The molecule has 0 unspecified atom stereocenters. The molecule has 1 aromatic carbocycles. The Labute approximate surface area is 112 Å². The lowest BCUT2D eigenvalue weighted by molar-refractivity contribution is 0.101. The van der Waals surface area contributed by atoms with Crippen molar-refractivity contribution in [3.05, 3.63) is 46.8 Å². The molecule has 1 aromatic heterocycles.